The number of amides is 3. The lowest BCUT2D eigenvalue weighted by Crippen LogP contribution is -2.65. The predicted molar refractivity (Wildman–Crippen MR) is 141 cm³/mol. The van der Waals surface area contributed by atoms with Crippen molar-refractivity contribution < 1.29 is 19.4 Å². The van der Waals surface area contributed by atoms with E-state index < -0.39 is 28.5 Å². The van der Waals surface area contributed by atoms with Crippen molar-refractivity contribution in [3.8, 4) is 5.88 Å². The summed E-state index contributed by atoms with van der Waals surface area (Å²) in [4.78, 5) is 56.0. The van der Waals surface area contributed by atoms with Crippen LogP contribution in [-0.2, 0) is 16.1 Å². The first-order chi connectivity index (χ1) is 18.5. The minimum Gasteiger partial charge on any atom is -0.494 e. The molecule has 1 aromatic rings. The van der Waals surface area contributed by atoms with Crippen molar-refractivity contribution in [3.63, 3.8) is 0 Å². The number of hydrogen-bond acceptors (Lipinski definition) is 7. The second-order valence-electron chi connectivity index (χ2n) is 12.8. The quantitative estimate of drug-likeness (QED) is 0.276. The molecule has 0 aromatic carbocycles. The number of carbonyl (C=O) groups excluding carboxylic acids is 2. The monoisotopic (exact) mass is 542 g/mol. The van der Waals surface area contributed by atoms with Crippen LogP contribution in [0.5, 0.6) is 5.88 Å². The summed E-state index contributed by atoms with van der Waals surface area (Å²) in [6.07, 6.45) is 5.71. The van der Waals surface area contributed by atoms with Crippen molar-refractivity contribution in [1.82, 2.24) is 18.9 Å². The van der Waals surface area contributed by atoms with E-state index in [0.717, 1.165) is 12.8 Å². The zero-order chi connectivity index (χ0) is 27.9. The molecule has 2 spiro atoms. The maximum absolute atomic E-state index is 13.6. The van der Waals surface area contributed by atoms with Crippen LogP contribution in [0.3, 0.4) is 0 Å². The van der Waals surface area contributed by atoms with Gasteiger partial charge >= 0.3 is 11.7 Å². The number of amidine groups is 1. The number of imide groups is 1. The molecule has 3 saturated carbocycles. The van der Waals surface area contributed by atoms with E-state index in [4.69, 9.17) is 15.9 Å². The minimum atomic E-state index is -0.808. The van der Waals surface area contributed by atoms with Gasteiger partial charge in [-0.1, -0.05) is 13.3 Å². The lowest BCUT2D eigenvalue weighted by molar-refractivity contribution is -0.152. The van der Waals surface area contributed by atoms with E-state index in [0.29, 0.717) is 64.2 Å². The molecule has 0 radical (unpaired) electrons. The van der Waals surface area contributed by atoms with Gasteiger partial charge in [0.05, 0.1) is 13.2 Å². The molecule has 212 valence electrons. The number of nitrogen functional groups attached to an aromatic ring is 1. The third kappa shape index (κ3) is 3.77. The summed E-state index contributed by atoms with van der Waals surface area (Å²) in [5, 5.41) is 18.7. The van der Waals surface area contributed by atoms with Crippen molar-refractivity contribution in [3.05, 3.63) is 26.4 Å². The first kappa shape index (κ1) is 26.1. The molecule has 2 saturated heterocycles. The largest absolute Gasteiger partial charge is 0.494 e. The molecule has 5 fully saturated rings. The van der Waals surface area contributed by atoms with Gasteiger partial charge < -0.3 is 20.5 Å². The first-order valence-electron chi connectivity index (χ1n) is 14.1. The summed E-state index contributed by atoms with van der Waals surface area (Å²) in [7, 11) is 1.55. The standard InChI is InChI=1S/C27H38N6O6/c1-15-3-4-17(15)10-31-21(34)19(20(28)29)22(35)33(25(31)38)18-5-7-26(8-6-18)13-27(14-26)23(36)30(2)24(37)32(27)9-16-11-39-12-16/h15-18,34H,3-14H2,1-2H3,(H3,28,29)/t15-,17-,18?,26?,27?/m1/s1. The number of hydrogen-bond donors (Lipinski definition) is 3. The van der Waals surface area contributed by atoms with E-state index in [2.05, 4.69) is 6.92 Å². The maximum Gasteiger partial charge on any atom is 0.334 e. The van der Waals surface area contributed by atoms with Gasteiger partial charge in [-0.15, -0.1) is 0 Å². The molecule has 6 rings (SSSR count). The van der Waals surface area contributed by atoms with Gasteiger partial charge in [-0.3, -0.25) is 29.0 Å². The second-order valence-corrected chi connectivity index (χ2v) is 12.8. The van der Waals surface area contributed by atoms with Crippen LogP contribution in [-0.4, -0.2) is 74.2 Å². The van der Waals surface area contributed by atoms with Crippen LogP contribution in [0.25, 0.3) is 0 Å². The number of nitrogens with two attached hydrogens (primary N) is 1. The van der Waals surface area contributed by atoms with Gasteiger partial charge in [-0.25, -0.2) is 9.59 Å². The molecular formula is C27H38N6O6. The van der Waals surface area contributed by atoms with Gasteiger partial charge in [0.2, 0.25) is 5.88 Å². The van der Waals surface area contributed by atoms with Crippen LogP contribution in [0.15, 0.2) is 9.59 Å². The number of rotatable bonds is 6. The van der Waals surface area contributed by atoms with Crippen molar-refractivity contribution >= 4 is 17.8 Å². The Labute approximate surface area is 226 Å². The van der Waals surface area contributed by atoms with E-state index in [1.54, 1.807) is 11.9 Å². The highest BCUT2D eigenvalue weighted by atomic mass is 16.5. The normalized spacial score (nSPS) is 34.4. The lowest BCUT2D eigenvalue weighted by Gasteiger charge is -2.58. The van der Waals surface area contributed by atoms with Crippen molar-refractivity contribution in [2.45, 2.75) is 76.4 Å². The Kier molecular flexibility index (Phi) is 5.98. The number of nitrogens with one attached hydrogen (secondary N) is 1. The molecule has 5 aliphatic rings. The van der Waals surface area contributed by atoms with Crippen molar-refractivity contribution in [1.29, 1.82) is 5.41 Å². The molecule has 3 heterocycles. The van der Waals surface area contributed by atoms with Crippen LogP contribution in [0.4, 0.5) is 4.79 Å². The molecule has 39 heavy (non-hydrogen) atoms. The molecule has 4 N–H and O–H groups in total. The summed E-state index contributed by atoms with van der Waals surface area (Å²) in [5.74, 6) is -0.335. The summed E-state index contributed by atoms with van der Waals surface area (Å²) in [6.45, 7) is 4.11. The fraction of sp³-hybridized carbons (Fsp3) is 0.741. The number of urea groups is 1. The first-order valence-corrected chi connectivity index (χ1v) is 14.1. The van der Waals surface area contributed by atoms with Crippen LogP contribution in [0, 0.1) is 28.6 Å². The molecule has 3 amide bonds. The minimum absolute atomic E-state index is 0.129. The molecule has 0 unspecified atom stereocenters. The molecule has 3 aliphatic carbocycles. The third-order valence-electron chi connectivity index (χ3n) is 10.4. The highest BCUT2D eigenvalue weighted by molar-refractivity contribution is 6.07. The molecule has 2 atom stereocenters. The number of aromatic hydroxyl groups is 1. The fourth-order valence-electron chi connectivity index (χ4n) is 7.76. The van der Waals surface area contributed by atoms with Gasteiger partial charge in [0.1, 0.15) is 16.9 Å². The Morgan fingerprint density at radius 3 is 2.26 bits per heavy atom. The number of carbonyl (C=O) groups is 2. The van der Waals surface area contributed by atoms with Crippen LogP contribution in [0.2, 0.25) is 0 Å². The Balaban J connectivity index is 1.23. The number of ether oxygens (including phenoxy) is 1. The maximum atomic E-state index is 13.6. The zero-order valence-electron chi connectivity index (χ0n) is 22.6. The highest BCUT2D eigenvalue weighted by Crippen LogP contribution is 2.62. The molecule has 12 heteroatoms. The lowest BCUT2D eigenvalue weighted by atomic mass is 9.51. The number of likely N-dealkylation sites (N-methyl/N-ethyl adjacent to an activating group) is 1. The molecule has 1 aromatic heterocycles. The predicted octanol–water partition coefficient (Wildman–Crippen LogP) is 1.22. The average molecular weight is 543 g/mol. The van der Waals surface area contributed by atoms with E-state index in [-0.39, 0.29) is 47.3 Å². The SMILES string of the molecule is C[C@@H]1CC[C@@H]1Cn1c(O)c(C(=N)N)c(=O)n(C2CCC3(CC2)CC2(C3)C(=O)N(C)C(=O)N2CC2COC2)c1=O. The summed E-state index contributed by atoms with van der Waals surface area (Å²) in [6, 6.07) is -0.632. The number of nitrogens with zero attached hydrogens (tertiary/aromatic N) is 4. The van der Waals surface area contributed by atoms with E-state index in [9.17, 15) is 24.3 Å². The van der Waals surface area contributed by atoms with Gasteiger partial charge in [0, 0.05) is 32.1 Å². The average Bonchev–Trinajstić information content (AvgIpc) is 3.01. The Morgan fingerprint density at radius 1 is 1.08 bits per heavy atom. The summed E-state index contributed by atoms with van der Waals surface area (Å²) in [5.41, 5.74) is 3.16. The Hall–Kier alpha value is -3.15. The Bertz CT molecular complexity index is 1350. The van der Waals surface area contributed by atoms with Crippen LogP contribution >= 0.6 is 0 Å². The topological polar surface area (TPSA) is 164 Å². The number of aromatic nitrogens is 2. The molecule has 0 bridgehead atoms. The van der Waals surface area contributed by atoms with E-state index in [1.165, 1.54) is 14.0 Å². The zero-order valence-corrected chi connectivity index (χ0v) is 22.6. The van der Waals surface area contributed by atoms with Gasteiger partial charge in [-0.2, -0.15) is 0 Å². The Morgan fingerprint density at radius 2 is 1.74 bits per heavy atom. The summed E-state index contributed by atoms with van der Waals surface area (Å²) >= 11 is 0. The highest BCUT2D eigenvalue weighted by Gasteiger charge is 2.68. The van der Waals surface area contributed by atoms with Gasteiger partial charge in [0.15, 0.2) is 0 Å². The molecule has 12 nitrogen and oxygen atoms in total. The van der Waals surface area contributed by atoms with Gasteiger partial charge in [-0.05, 0) is 62.2 Å². The van der Waals surface area contributed by atoms with E-state index in [1.807, 2.05) is 0 Å². The smallest absolute Gasteiger partial charge is 0.334 e. The second kappa shape index (κ2) is 8.94. The molecular weight excluding hydrogens is 504 g/mol. The fourth-order valence-corrected chi connectivity index (χ4v) is 7.76. The molecule has 2 aliphatic heterocycles. The summed E-state index contributed by atoms with van der Waals surface area (Å²) < 4.78 is 7.70. The third-order valence-corrected chi connectivity index (χ3v) is 10.4. The van der Waals surface area contributed by atoms with Crippen LogP contribution in [0.1, 0.15) is 69.9 Å². The van der Waals surface area contributed by atoms with Crippen molar-refractivity contribution in [2.24, 2.45) is 28.9 Å². The van der Waals surface area contributed by atoms with Gasteiger partial charge in [0.25, 0.3) is 11.5 Å². The van der Waals surface area contributed by atoms with E-state index >= 15 is 0 Å². The van der Waals surface area contributed by atoms with Crippen molar-refractivity contribution in [2.75, 3.05) is 26.8 Å². The van der Waals surface area contributed by atoms with Crippen LogP contribution < -0.4 is 17.0 Å².